The lowest BCUT2D eigenvalue weighted by Gasteiger charge is -2.13. The predicted octanol–water partition coefficient (Wildman–Crippen LogP) is 2.87. The van der Waals surface area contributed by atoms with Crippen LogP contribution in [0.4, 0.5) is 0 Å². The van der Waals surface area contributed by atoms with Gasteiger partial charge in [-0.3, -0.25) is 4.68 Å². The molecule has 4 nitrogen and oxygen atoms in total. The third kappa shape index (κ3) is 2.82. The second-order valence-corrected chi connectivity index (χ2v) is 5.27. The minimum absolute atomic E-state index is 0.0252. The quantitative estimate of drug-likeness (QED) is 0.940. The first-order valence-electron chi connectivity index (χ1n) is 6.04. The predicted molar refractivity (Wildman–Crippen MR) is 77.1 cm³/mol. The number of aromatic nitrogens is 2. The summed E-state index contributed by atoms with van der Waals surface area (Å²) in [5, 5.41) is 13.7. The summed E-state index contributed by atoms with van der Waals surface area (Å²) in [4.78, 5) is 0. The largest absolute Gasteiger partial charge is 0.487 e. The number of rotatable bonds is 4. The van der Waals surface area contributed by atoms with Crippen molar-refractivity contribution in [2.24, 2.45) is 7.05 Å². The fourth-order valence-corrected chi connectivity index (χ4v) is 2.47. The maximum atomic E-state index is 9.35. The number of ether oxygens (including phenoxy) is 1. The van der Waals surface area contributed by atoms with Crippen molar-refractivity contribution in [3.05, 3.63) is 45.2 Å². The van der Waals surface area contributed by atoms with Crippen molar-refractivity contribution in [2.75, 3.05) is 0 Å². The van der Waals surface area contributed by atoms with E-state index in [1.54, 1.807) is 4.68 Å². The first kappa shape index (κ1) is 14.1. The molecular formula is C14H17BrN2O2. The number of aliphatic hydroxyl groups excluding tert-OH is 1. The summed E-state index contributed by atoms with van der Waals surface area (Å²) in [5.41, 5.74) is 3.73. The Hall–Kier alpha value is -1.33. The highest BCUT2D eigenvalue weighted by atomic mass is 79.9. The van der Waals surface area contributed by atoms with Gasteiger partial charge in [0, 0.05) is 12.6 Å². The summed E-state index contributed by atoms with van der Waals surface area (Å²) in [6.07, 6.45) is 0. The lowest BCUT2D eigenvalue weighted by atomic mass is 10.1. The molecule has 0 radical (unpaired) electrons. The van der Waals surface area contributed by atoms with Gasteiger partial charge in [-0.1, -0.05) is 18.2 Å². The molecule has 2 aromatic rings. The van der Waals surface area contributed by atoms with E-state index >= 15 is 0 Å². The third-order valence-corrected chi connectivity index (χ3v) is 4.11. The standard InChI is InChI=1S/C14H17BrN2O2/c1-9-5-4-6-11(7-18)14(9)19-8-12-13(15)10(2)16-17(12)3/h4-6,18H,7-8H2,1-3H3. The highest BCUT2D eigenvalue weighted by Crippen LogP contribution is 2.26. The van der Waals surface area contributed by atoms with E-state index in [-0.39, 0.29) is 6.61 Å². The van der Waals surface area contributed by atoms with Crippen LogP contribution in [-0.2, 0) is 20.3 Å². The summed E-state index contributed by atoms with van der Waals surface area (Å²) in [7, 11) is 1.89. The van der Waals surface area contributed by atoms with Crippen LogP contribution >= 0.6 is 15.9 Å². The monoisotopic (exact) mass is 324 g/mol. The van der Waals surface area contributed by atoms with Crippen LogP contribution in [0.25, 0.3) is 0 Å². The Bertz CT molecular complexity index is 593. The van der Waals surface area contributed by atoms with Crippen molar-refractivity contribution in [3.63, 3.8) is 0 Å². The molecule has 0 spiro atoms. The van der Waals surface area contributed by atoms with Crippen LogP contribution in [0, 0.1) is 13.8 Å². The Balaban J connectivity index is 2.24. The average Bonchev–Trinajstić information content (AvgIpc) is 2.62. The second-order valence-electron chi connectivity index (χ2n) is 4.48. The van der Waals surface area contributed by atoms with Crippen molar-refractivity contribution in [1.82, 2.24) is 9.78 Å². The Morgan fingerprint density at radius 1 is 1.37 bits per heavy atom. The van der Waals surface area contributed by atoms with Crippen LogP contribution in [0.1, 0.15) is 22.5 Å². The van der Waals surface area contributed by atoms with Crippen LogP contribution in [0.3, 0.4) is 0 Å². The van der Waals surface area contributed by atoms with Gasteiger partial charge in [-0.25, -0.2) is 0 Å². The molecule has 0 aliphatic heterocycles. The molecule has 1 aromatic heterocycles. The summed E-state index contributed by atoms with van der Waals surface area (Å²) < 4.78 is 8.64. The van der Waals surface area contributed by atoms with Crippen LogP contribution in [0.2, 0.25) is 0 Å². The zero-order chi connectivity index (χ0) is 14.0. The molecule has 0 amide bonds. The van der Waals surface area contributed by atoms with Crippen molar-refractivity contribution in [2.45, 2.75) is 27.1 Å². The van der Waals surface area contributed by atoms with Gasteiger partial charge in [0.05, 0.1) is 22.5 Å². The minimum atomic E-state index is -0.0252. The lowest BCUT2D eigenvalue weighted by molar-refractivity contribution is 0.254. The van der Waals surface area contributed by atoms with E-state index in [0.717, 1.165) is 32.7 Å². The summed E-state index contributed by atoms with van der Waals surface area (Å²) in [6.45, 7) is 4.30. The summed E-state index contributed by atoms with van der Waals surface area (Å²) in [6, 6.07) is 5.75. The number of aryl methyl sites for hydroxylation is 3. The number of halogens is 1. The van der Waals surface area contributed by atoms with Crippen LogP contribution in [0.15, 0.2) is 22.7 Å². The molecule has 102 valence electrons. The number of hydrogen-bond donors (Lipinski definition) is 1. The molecule has 0 fully saturated rings. The molecule has 5 heteroatoms. The Morgan fingerprint density at radius 2 is 2.11 bits per heavy atom. The number of benzene rings is 1. The molecular weight excluding hydrogens is 308 g/mol. The first-order valence-corrected chi connectivity index (χ1v) is 6.84. The van der Waals surface area contributed by atoms with Crippen molar-refractivity contribution < 1.29 is 9.84 Å². The van der Waals surface area contributed by atoms with Gasteiger partial charge in [-0.05, 0) is 35.3 Å². The highest BCUT2D eigenvalue weighted by molar-refractivity contribution is 9.10. The number of aliphatic hydroxyl groups is 1. The van der Waals surface area contributed by atoms with Gasteiger partial charge in [-0.15, -0.1) is 0 Å². The van der Waals surface area contributed by atoms with E-state index in [1.807, 2.05) is 39.1 Å². The van der Waals surface area contributed by atoms with Crippen LogP contribution in [-0.4, -0.2) is 14.9 Å². The van der Waals surface area contributed by atoms with E-state index < -0.39 is 0 Å². The molecule has 1 aromatic carbocycles. The number of nitrogens with zero attached hydrogens (tertiary/aromatic N) is 2. The third-order valence-electron chi connectivity index (χ3n) is 3.08. The van der Waals surface area contributed by atoms with Gasteiger partial charge < -0.3 is 9.84 Å². The Labute approximate surface area is 121 Å². The Kier molecular flexibility index (Phi) is 4.27. The van der Waals surface area contributed by atoms with E-state index in [2.05, 4.69) is 21.0 Å². The molecule has 0 bridgehead atoms. The molecule has 1 heterocycles. The van der Waals surface area contributed by atoms with Crippen molar-refractivity contribution in [3.8, 4) is 5.75 Å². The molecule has 0 aliphatic rings. The van der Waals surface area contributed by atoms with E-state index in [1.165, 1.54) is 0 Å². The zero-order valence-electron chi connectivity index (χ0n) is 11.3. The maximum Gasteiger partial charge on any atom is 0.131 e. The van der Waals surface area contributed by atoms with Gasteiger partial charge >= 0.3 is 0 Å². The van der Waals surface area contributed by atoms with Crippen molar-refractivity contribution >= 4 is 15.9 Å². The molecule has 19 heavy (non-hydrogen) atoms. The summed E-state index contributed by atoms with van der Waals surface area (Å²) >= 11 is 3.52. The van der Waals surface area contributed by atoms with Crippen LogP contribution in [0.5, 0.6) is 5.75 Å². The molecule has 0 aliphatic carbocycles. The fraction of sp³-hybridized carbons (Fsp3) is 0.357. The van der Waals surface area contributed by atoms with E-state index in [0.29, 0.717) is 6.61 Å². The lowest BCUT2D eigenvalue weighted by Crippen LogP contribution is -2.06. The highest BCUT2D eigenvalue weighted by Gasteiger charge is 2.13. The fourth-order valence-electron chi connectivity index (χ4n) is 2.02. The average molecular weight is 325 g/mol. The topological polar surface area (TPSA) is 47.3 Å². The molecule has 2 rings (SSSR count). The zero-order valence-corrected chi connectivity index (χ0v) is 12.9. The second kappa shape index (κ2) is 5.75. The van der Waals surface area contributed by atoms with E-state index in [4.69, 9.17) is 4.74 Å². The molecule has 1 N–H and O–H groups in total. The normalized spacial score (nSPS) is 10.8. The smallest absolute Gasteiger partial charge is 0.131 e. The maximum absolute atomic E-state index is 9.35. The van der Waals surface area contributed by atoms with Gasteiger partial charge in [0.2, 0.25) is 0 Å². The van der Waals surface area contributed by atoms with Crippen LogP contribution < -0.4 is 4.74 Å². The van der Waals surface area contributed by atoms with Gasteiger partial charge in [0.1, 0.15) is 12.4 Å². The van der Waals surface area contributed by atoms with Crippen molar-refractivity contribution in [1.29, 1.82) is 0 Å². The Morgan fingerprint density at radius 3 is 2.68 bits per heavy atom. The minimum Gasteiger partial charge on any atom is -0.487 e. The number of para-hydroxylation sites is 1. The first-order chi connectivity index (χ1) is 9.04. The molecule has 0 atom stereocenters. The SMILES string of the molecule is Cc1cccc(CO)c1OCc1c(Br)c(C)nn1C. The van der Waals surface area contributed by atoms with Gasteiger partial charge in [0.25, 0.3) is 0 Å². The van der Waals surface area contributed by atoms with Gasteiger partial charge in [-0.2, -0.15) is 5.10 Å². The summed E-state index contributed by atoms with van der Waals surface area (Å²) in [5.74, 6) is 0.746. The molecule has 0 saturated carbocycles. The molecule has 0 unspecified atom stereocenters. The molecule has 0 saturated heterocycles. The number of hydrogen-bond acceptors (Lipinski definition) is 3. The van der Waals surface area contributed by atoms with E-state index in [9.17, 15) is 5.11 Å². The van der Waals surface area contributed by atoms with Gasteiger partial charge in [0.15, 0.2) is 0 Å².